The molecule has 0 N–H and O–H groups in total. The van der Waals surface area contributed by atoms with Crippen LogP contribution in [0.15, 0.2) is 29.1 Å². The van der Waals surface area contributed by atoms with Crippen molar-refractivity contribution in [2.24, 2.45) is 0 Å². The molecule has 0 spiro atoms. The fourth-order valence-corrected chi connectivity index (χ4v) is 1.92. The Balaban J connectivity index is 2.60. The molecule has 0 fully saturated rings. The van der Waals surface area contributed by atoms with Crippen LogP contribution < -0.4 is 10.7 Å². The molecule has 0 saturated carbocycles. The second-order valence-corrected chi connectivity index (χ2v) is 3.99. The van der Waals surface area contributed by atoms with Crippen molar-refractivity contribution in [2.45, 2.75) is 26.3 Å². The zero-order chi connectivity index (χ0) is 13.1. The lowest BCUT2D eigenvalue weighted by molar-refractivity contribution is -0.305. The van der Waals surface area contributed by atoms with E-state index in [4.69, 9.17) is 0 Å². The molecule has 5 nitrogen and oxygen atoms in total. The van der Waals surface area contributed by atoms with Gasteiger partial charge in [-0.2, -0.15) is 5.10 Å². The Morgan fingerprint density at radius 1 is 1.33 bits per heavy atom. The van der Waals surface area contributed by atoms with E-state index in [0.717, 1.165) is 0 Å². The van der Waals surface area contributed by atoms with Gasteiger partial charge in [0.2, 0.25) is 0 Å². The molecule has 94 valence electrons. The molecule has 2 rings (SSSR count). The maximum atomic E-state index is 12.0. The standard InChI is InChI=1S/C13H14N2O3/c1-2-15-13(18)10-6-4-3-5-9(10)11(14-15)7-8-12(16)17/h3-6H,2,7-8H2,1H3,(H,16,17)/p-1. The number of aliphatic carboxylic acids is 1. The van der Waals surface area contributed by atoms with Crippen LogP contribution in [0.4, 0.5) is 0 Å². The first-order valence-corrected chi connectivity index (χ1v) is 5.82. The Hall–Kier alpha value is -2.17. The van der Waals surface area contributed by atoms with E-state index in [-0.39, 0.29) is 18.4 Å². The minimum absolute atomic E-state index is 0.0983. The fraction of sp³-hybridized carbons (Fsp3) is 0.308. The molecule has 1 aromatic heterocycles. The van der Waals surface area contributed by atoms with Crippen molar-refractivity contribution < 1.29 is 9.90 Å². The van der Waals surface area contributed by atoms with E-state index >= 15 is 0 Å². The van der Waals surface area contributed by atoms with Crippen LogP contribution in [0.1, 0.15) is 19.0 Å². The van der Waals surface area contributed by atoms with Crippen LogP contribution in [0.5, 0.6) is 0 Å². The molecular weight excluding hydrogens is 232 g/mol. The lowest BCUT2D eigenvalue weighted by Gasteiger charge is -2.09. The molecule has 18 heavy (non-hydrogen) atoms. The molecule has 0 radical (unpaired) electrons. The summed E-state index contributed by atoms with van der Waals surface area (Å²) in [4.78, 5) is 22.5. The van der Waals surface area contributed by atoms with Crippen molar-refractivity contribution in [3.63, 3.8) is 0 Å². The Morgan fingerprint density at radius 2 is 2.00 bits per heavy atom. The summed E-state index contributed by atoms with van der Waals surface area (Å²) in [6.07, 6.45) is 0.169. The normalized spacial score (nSPS) is 10.7. The van der Waals surface area contributed by atoms with Crippen molar-refractivity contribution in [3.8, 4) is 0 Å². The molecule has 0 saturated heterocycles. The summed E-state index contributed by atoms with van der Waals surface area (Å²) in [5, 5.41) is 16.0. The molecule has 0 aliphatic carbocycles. The highest BCUT2D eigenvalue weighted by Crippen LogP contribution is 2.14. The molecular formula is C13H13N2O3-. The number of carbonyl (C=O) groups excluding carboxylic acids is 1. The highest BCUT2D eigenvalue weighted by atomic mass is 16.4. The Bertz CT molecular complexity index is 646. The molecule has 5 heteroatoms. The number of hydrogen-bond acceptors (Lipinski definition) is 4. The first-order valence-electron chi connectivity index (χ1n) is 5.82. The molecule has 0 bridgehead atoms. The number of rotatable bonds is 4. The van der Waals surface area contributed by atoms with Crippen molar-refractivity contribution in [2.75, 3.05) is 0 Å². The van der Waals surface area contributed by atoms with Crippen LogP contribution in [0, 0.1) is 0 Å². The largest absolute Gasteiger partial charge is 0.550 e. The van der Waals surface area contributed by atoms with Gasteiger partial charge in [0.15, 0.2) is 0 Å². The Labute approximate surface area is 104 Å². The van der Waals surface area contributed by atoms with Gasteiger partial charge in [0.1, 0.15) is 0 Å². The molecule has 2 aromatic rings. The van der Waals surface area contributed by atoms with Crippen molar-refractivity contribution in [3.05, 3.63) is 40.3 Å². The number of benzene rings is 1. The highest BCUT2D eigenvalue weighted by Gasteiger charge is 2.08. The van der Waals surface area contributed by atoms with Gasteiger partial charge in [-0.3, -0.25) is 4.79 Å². The summed E-state index contributed by atoms with van der Waals surface area (Å²) in [6.45, 7) is 2.29. The number of carboxylic acids is 1. The zero-order valence-corrected chi connectivity index (χ0v) is 10.0. The fourth-order valence-electron chi connectivity index (χ4n) is 1.92. The van der Waals surface area contributed by atoms with Crippen LogP contribution >= 0.6 is 0 Å². The average Bonchev–Trinajstić information content (AvgIpc) is 2.38. The van der Waals surface area contributed by atoms with E-state index < -0.39 is 5.97 Å². The van der Waals surface area contributed by atoms with Crippen LogP contribution in [0.3, 0.4) is 0 Å². The molecule has 0 atom stereocenters. The summed E-state index contributed by atoms with van der Waals surface area (Å²) in [6, 6.07) is 7.11. The topological polar surface area (TPSA) is 75.0 Å². The second kappa shape index (κ2) is 5.00. The Kier molecular flexibility index (Phi) is 3.41. The monoisotopic (exact) mass is 245 g/mol. The van der Waals surface area contributed by atoms with Gasteiger partial charge in [0.25, 0.3) is 5.56 Å². The third-order valence-electron chi connectivity index (χ3n) is 2.81. The predicted molar refractivity (Wildman–Crippen MR) is 65.0 cm³/mol. The van der Waals surface area contributed by atoms with E-state index in [9.17, 15) is 14.7 Å². The van der Waals surface area contributed by atoms with Crippen molar-refractivity contribution in [1.82, 2.24) is 9.78 Å². The van der Waals surface area contributed by atoms with Crippen LogP contribution in [0.25, 0.3) is 10.8 Å². The molecule has 1 heterocycles. The van der Waals surface area contributed by atoms with Gasteiger partial charge in [0, 0.05) is 17.9 Å². The van der Waals surface area contributed by atoms with Crippen LogP contribution in [0.2, 0.25) is 0 Å². The lowest BCUT2D eigenvalue weighted by Crippen LogP contribution is -2.26. The van der Waals surface area contributed by atoms with E-state index in [2.05, 4.69) is 5.10 Å². The summed E-state index contributed by atoms with van der Waals surface area (Å²) < 4.78 is 1.35. The number of fused-ring (bicyclic) bond motifs is 1. The zero-order valence-electron chi connectivity index (χ0n) is 10.0. The maximum Gasteiger partial charge on any atom is 0.274 e. The van der Waals surface area contributed by atoms with Gasteiger partial charge in [-0.05, 0) is 25.8 Å². The van der Waals surface area contributed by atoms with E-state index in [1.165, 1.54) is 4.68 Å². The van der Waals surface area contributed by atoms with Crippen molar-refractivity contribution >= 4 is 16.7 Å². The SMILES string of the molecule is CCn1nc(CCC(=O)[O-])c2ccccc2c1=O. The quantitative estimate of drug-likeness (QED) is 0.765. The number of carboxylic acid groups (broad SMARTS) is 1. The van der Waals surface area contributed by atoms with Crippen LogP contribution in [-0.4, -0.2) is 15.7 Å². The smallest absolute Gasteiger partial charge is 0.274 e. The molecule has 0 aliphatic rings. The molecule has 0 unspecified atom stereocenters. The number of nitrogens with zero attached hydrogens (tertiary/aromatic N) is 2. The minimum Gasteiger partial charge on any atom is -0.550 e. The number of aryl methyl sites for hydroxylation is 2. The highest BCUT2D eigenvalue weighted by molar-refractivity contribution is 5.83. The average molecular weight is 245 g/mol. The van der Waals surface area contributed by atoms with E-state index in [1.807, 2.05) is 13.0 Å². The third kappa shape index (κ3) is 2.25. The number of carbonyl (C=O) groups is 1. The van der Waals surface area contributed by atoms with E-state index in [1.54, 1.807) is 18.2 Å². The van der Waals surface area contributed by atoms with Gasteiger partial charge < -0.3 is 9.90 Å². The Morgan fingerprint density at radius 3 is 2.61 bits per heavy atom. The summed E-state index contributed by atoms with van der Waals surface area (Å²) in [7, 11) is 0. The van der Waals surface area contributed by atoms with Gasteiger partial charge in [0.05, 0.1) is 11.1 Å². The second-order valence-electron chi connectivity index (χ2n) is 3.99. The van der Waals surface area contributed by atoms with E-state index in [0.29, 0.717) is 23.0 Å². The first-order chi connectivity index (χ1) is 8.63. The molecule has 0 aliphatic heterocycles. The van der Waals surface area contributed by atoms with Gasteiger partial charge in [-0.15, -0.1) is 0 Å². The number of aromatic nitrogens is 2. The summed E-state index contributed by atoms with van der Waals surface area (Å²) in [5.41, 5.74) is 0.474. The molecule has 1 aromatic carbocycles. The summed E-state index contributed by atoms with van der Waals surface area (Å²) >= 11 is 0. The summed E-state index contributed by atoms with van der Waals surface area (Å²) in [5.74, 6) is -1.12. The van der Waals surface area contributed by atoms with Gasteiger partial charge in [-0.25, -0.2) is 4.68 Å². The van der Waals surface area contributed by atoms with Gasteiger partial charge >= 0.3 is 0 Å². The van der Waals surface area contributed by atoms with Gasteiger partial charge in [-0.1, -0.05) is 18.2 Å². The van der Waals surface area contributed by atoms with Crippen molar-refractivity contribution in [1.29, 1.82) is 0 Å². The van der Waals surface area contributed by atoms with Crippen LogP contribution in [-0.2, 0) is 17.8 Å². The first kappa shape index (κ1) is 12.3. The number of hydrogen-bond donors (Lipinski definition) is 0. The predicted octanol–water partition coefficient (Wildman–Crippen LogP) is 0.0989. The lowest BCUT2D eigenvalue weighted by atomic mass is 10.1. The third-order valence-corrected chi connectivity index (χ3v) is 2.81. The maximum absolute atomic E-state index is 12.0. The molecule has 0 amide bonds. The minimum atomic E-state index is -1.12.